The summed E-state index contributed by atoms with van der Waals surface area (Å²) >= 11 is 6.20. The summed E-state index contributed by atoms with van der Waals surface area (Å²) in [6.07, 6.45) is 2.78. The van der Waals surface area contributed by atoms with E-state index in [1.807, 2.05) is 12.1 Å². The van der Waals surface area contributed by atoms with Crippen LogP contribution in [0.3, 0.4) is 0 Å². The van der Waals surface area contributed by atoms with Gasteiger partial charge in [-0.2, -0.15) is 5.26 Å². The predicted octanol–water partition coefficient (Wildman–Crippen LogP) is 2.69. The molecule has 0 amide bonds. The van der Waals surface area contributed by atoms with Crippen molar-refractivity contribution in [3.05, 3.63) is 41.0 Å². The lowest BCUT2D eigenvalue weighted by atomic mass is 10.1. The second-order valence-electron chi connectivity index (χ2n) is 5.32. The SMILES string of the molecule is N#Cc1ccc(-c2nc(NC[C@@H]3CCNC3)ncc2Cl)cc1. The fraction of sp³-hybridized carbons (Fsp3) is 0.312. The van der Waals surface area contributed by atoms with E-state index in [4.69, 9.17) is 16.9 Å². The molecule has 112 valence electrons. The van der Waals surface area contributed by atoms with Gasteiger partial charge in [-0.1, -0.05) is 23.7 Å². The molecule has 2 heterocycles. The molecule has 1 atom stereocenters. The second-order valence-corrected chi connectivity index (χ2v) is 5.73. The van der Waals surface area contributed by atoms with Crippen molar-refractivity contribution in [2.75, 3.05) is 25.0 Å². The van der Waals surface area contributed by atoms with Crippen molar-refractivity contribution in [1.29, 1.82) is 5.26 Å². The molecule has 2 N–H and O–H groups in total. The number of hydrogen-bond donors (Lipinski definition) is 2. The lowest BCUT2D eigenvalue weighted by Crippen LogP contribution is -2.18. The first-order valence-electron chi connectivity index (χ1n) is 7.24. The van der Waals surface area contributed by atoms with Gasteiger partial charge < -0.3 is 10.6 Å². The van der Waals surface area contributed by atoms with Crippen LogP contribution in [0.1, 0.15) is 12.0 Å². The first-order valence-corrected chi connectivity index (χ1v) is 7.62. The maximum absolute atomic E-state index is 8.85. The highest BCUT2D eigenvalue weighted by Crippen LogP contribution is 2.26. The van der Waals surface area contributed by atoms with Gasteiger partial charge in [-0.25, -0.2) is 9.97 Å². The van der Waals surface area contributed by atoms with E-state index in [1.165, 1.54) is 6.42 Å². The van der Waals surface area contributed by atoms with Crippen molar-refractivity contribution >= 4 is 17.5 Å². The highest BCUT2D eigenvalue weighted by Gasteiger charge is 2.15. The lowest BCUT2D eigenvalue weighted by Gasteiger charge is -2.11. The summed E-state index contributed by atoms with van der Waals surface area (Å²) in [5.41, 5.74) is 2.16. The van der Waals surface area contributed by atoms with E-state index in [0.29, 0.717) is 28.1 Å². The van der Waals surface area contributed by atoms with Gasteiger partial charge >= 0.3 is 0 Å². The highest BCUT2D eigenvalue weighted by atomic mass is 35.5. The van der Waals surface area contributed by atoms with Crippen molar-refractivity contribution in [2.24, 2.45) is 5.92 Å². The van der Waals surface area contributed by atoms with Crippen LogP contribution in [-0.4, -0.2) is 29.6 Å². The molecule has 2 aromatic rings. The van der Waals surface area contributed by atoms with Gasteiger partial charge in [0.05, 0.1) is 28.5 Å². The predicted molar refractivity (Wildman–Crippen MR) is 86.7 cm³/mol. The Morgan fingerprint density at radius 1 is 1.36 bits per heavy atom. The molecule has 1 fully saturated rings. The first-order chi connectivity index (χ1) is 10.8. The molecule has 1 aliphatic heterocycles. The Labute approximate surface area is 134 Å². The van der Waals surface area contributed by atoms with Gasteiger partial charge in [0.25, 0.3) is 0 Å². The first kappa shape index (κ1) is 14.8. The monoisotopic (exact) mass is 313 g/mol. The second kappa shape index (κ2) is 6.73. The normalized spacial score (nSPS) is 17.2. The number of aromatic nitrogens is 2. The lowest BCUT2D eigenvalue weighted by molar-refractivity contribution is 0.613. The number of nitriles is 1. The molecule has 0 spiro atoms. The van der Waals surface area contributed by atoms with Crippen LogP contribution in [0.5, 0.6) is 0 Å². The third-order valence-corrected chi connectivity index (χ3v) is 4.02. The molecule has 0 unspecified atom stereocenters. The number of hydrogen-bond acceptors (Lipinski definition) is 5. The van der Waals surface area contributed by atoms with Crippen LogP contribution >= 0.6 is 11.6 Å². The Balaban J connectivity index is 1.78. The molecule has 5 nitrogen and oxygen atoms in total. The standard InChI is InChI=1S/C16H16ClN5/c17-14-10-21-16(20-9-12-5-6-19-8-12)22-15(14)13-3-1-11(7-18)2-4-13/h1-4,10,12,19H,5-6,8-9H2,(H,20,21,22)/t12-/m1/s1. The minimum absolute atomic E-state index is 0.498. The Kier molecular flexibility index (Phi) is 4.52. The molecule has 0 saturated carbocycles. The minimum Gasteiger partial charge on any atom is -0.354 e. The number of nitrogens with zero attached hydrogens (tertiary/aromatic N) is 3. The zero-order valence-electron chi connectivity index (χ0n) is 12.0. The molecule has 1 aromatic carbocycles. The number of halogens is 1. The Bertz CT molecular complexity index is 687. The third kappa shape index (κ3) is 3.35. The van der Waals surface area contributed by atoms with Crippen molar-refractivity contribution < 1.29 is 0 Å². The molecular formula is C16H16ClN5. The molecule has 0 radical (unpaired) electrons. The van der Waals surface area contributed by atoms with Crippen LogP contribution in [0.15, 0.2) is 30.5 Å². The van der Waals surface area contributed by atoms with Crippen LogP contribution < -0.4 is 10.6 Å². The van der Waals surface area contributed by atoms with Crippen molar-refractivity contribution in [3.63, 3.8) is 0 Å². The van der Waals surface area contributed by atoms with Gasteiger partial charge in [-0.05, 0) is 37.6 Å². The summed E-state index contributed by atoms with van der Waals surface area (Å²) in [6.45, 7) is 2.95. The average Bonchev–Trinajstić information content (AvgIpc) is 3.08. The van der Waals surface area contributed by atoms with E-state index in [0.717, 1.165) is 25.2 Å². The quantitative estimate of drug-likeness (QED) is 0.908. The number of nitrogens with one attached hydrogen (secondary N) is 2. The molecule has 6 heteroatoms. The molecule has 3 rings (SSSR count). The fourth-order valence-corrected chi connectivity index (χ4v) is 2.68. The van der Waals surface area contributed by atoms with E-state index in [1.54, 1.807) is 18.3 Å². The van der Waals surface area contributed by atoms with Crippen LogP contribution in [0, 0.1) is 17.2 Å². The van der Waals surface area contributed by atoms with Gasteiger partial charge in [0, 0.05) is 12.1 Å². The Morgan fingerprint density at radius 3 is 2.86 bits per heavy atom. The van der Waals surface area contributed by atoms with Gasteiger partial charge in [-0.3, -0.25) is 0 Å². The van der Waals surface area contributed by atoms with Gasteiger partial charge in [-0.15, -0.1) is 0 Å². The van der Waals surface area contributed by atoms with E-state index in [2.05, 4.69) is 26.7 Å². The maximum atomic E-state index is 8.85. The zero-order chi connectivity index (χ0) is 15.4. The average molecular weight is 314 g/mol. The minimum atomic E-state index is 0.498. The molecule has 22 heavy (non-hydrogen) atoms. The number of anilines is 1. The van der Waals surface area contributed by atoms with Crippen LogP contribution in [-0.2, 0) is 0 Å². The summed E-state index contributed by atoms with van der Waals surface area (Å²) in [5.74, 6) is 1.19. The van der Waals surface area contributed by atoms with Gasteiger partial charge in [0.15, 0.2) is 0 Å². The van der Waals surface area contributed by atoms with Crippen molar-refractivity contribution in [2.45, 2.75) is 6.42 Å². The fourth-order valence-electron chi connectivity index (χ4n) is 2.48. The van der Waals surface area contributed by atoms with Crippen molar-refractivity contribution in [3.8, 4) is 17.3 Å². The summed E-state index contributed by atoms with van der Waals surface area (Å²) in [5, 5.41) is 16.0. The maximum Gasteiger partial charge on any atom is 0.223 e. The molecule has 1 saturated heterocycles. The largest absolute Gasteiger partial charge is 0.354 e. The van der Waals surface area contributed by atoms with Crippen LogP contribution in [0.4, 0.5) is 5.95 Å². The Morgan fingerprint density at radius 2 is 2.18 bits per heavy atom. The number of rotatable bonds is 4. The molecule has 0 aliphatic carbocycles. The topological polar surface area (TPSA) is 73.6 Å². The van der Waals surface area contributed by atoms with E-state index in [-0.39, 0.29) is 0 Å². The third-order valence-electron chi connectivity index (χ3n) is 3.74. The highest BCUT2D eigenvalue weighted by molar-refractivity contribution is 6.32. The van der Waals surface area contributed by atoms with Gasteiger partial charge in [0.1, 0.15) is 0 Å². The molecular weight excluding hydrogens is 298 g/mol. The van der Waals surface area contributed by atoms with Crippen molar-refractivity contribution in [1.82, 2.24) is 15.3 Å². The summed E-state index contributed by atoms with van der Waals surface area (Å²) in [4.78, 5) is 8.73. The van der Waals surface area contributed by atoms with Crippen LogP contribution in [0.2, 0.25) is 5.02 Å². The number of benzene rings is 1. The smallest absolute Gasteiger partial charge is 0.223 e. The van der Waals surface area contributed by atoms with E-state index >= 15 is 0 Å². The summed E-state index contributed by atoms with van der Waals surface area (Å²) in [7, 11) is 0. The zero-order valence-corrected chi connectivity index (χ0v) is 12.8. The van der Waals surface area contributed by atoms with E-state index in [9.17, 15) is 0 Å². The van der Waals surface area contributed by atoms with Crippen LogP contribution in [0.25, 0.3) is 11.3 Å². The van der Waals surface area contributed by atoms with Gasteiger partial charge in [0.2, 0.25) is 5.95 Å². The molecule has 1 aromatic heterocycles. The van der Waals surface area contributed by atoms with E-state index < -0.39 is 0 Å². The summed E-state index contributed by atoms with van der Waals surface area (Å²) < 4.78 is 0. The Hall–Kier alpha value is -2.16. The molecule has 1 aliphatic rings. The molecule has 0 bridgehead atoms. The summed E-state index contributed by atoms with van der Waals surface area (Å²) in [6, 6.07) is 9.30.